The number of aliphatic hydroxyl groups is 1. The lowest BCUT2D eigenvalue weighted by molar-refractivity contribution is 0.0611. The van der Waals surface area contributed by atoms with Gasteiger partial charge < -0.3 is 10.0 Å². The van der Waals surface area contributed by atoms with E-state index in [0.717, 1.165) is 37.4 Å². The first-order valence-corrected chi connectivity index (χ1v) is 5.84. The maximum atomic E-state index is 10.2. The Morgan fingerprint density at radius 1 is 1.44 bits per heavy atom. The van der Waals surface area contributed by atoms with Crippen molar-refractivity contribution in [3.05, 3.63) is 18.1 Å². The van der Waals surface area contributed by atoms with Crippen LogP contribution in [0.25, 0.3) is 0 Å². The summed E-state index contributed by atoms with van der Waals surface area (Å²) >= 11 is 0. The van der Waals surface area contributed by atoms with E-state index >= 15 is 0 Å². The number of aromatic nitrogens is 2. The lowest BCUT2D eigenvalue weighted by Gasteiger charge is -2.29. The molecule has 1 saturated heterocycles. The van der Waals surface area contributed by atoms with E-state index in [-0.39, 0.29) is 0 Å². The van der Waals surface area contributed by atoms with Gasteiger partial charge in [0.05, 0.1) is 5.60 Å². The van der Waals surface area contributed by atoms with E-state index in [1.165, 1.54) is 0 Å². The Hall–Kier alpha value is -1.16. The standard InChI is InChI=1S/C12H19N3O/c1-10-13-7-5-11(14-10)15-8-4-3-6-12(2,16)9-15/h5,7,16H,3-4,6,8-9H2,1-2H3. The molecule has 16 heavy (non-hydrogen) atoms. The van der Waals surface area contributed by atoms with E-state index in [4.69, 9.17) is 0 Å². The summed E-state index contributed by atoms with van der Waals surface area (Å²) in [7, 11) is 0. The Morgan fingerprint density at radius 3 is 3.00 bits per heavy atom. The van der Waals surface area contributed by atoms with Crippen LogP contribution < -0.4 is 4.90 Å². The molecule has 0 saturated carbocycles. The molecule has 0 spiro atoms. The minimum absolute atomic E-state index is 0.602. The highest BCUT2D eigenvalue weighted by atomic mass is 16.3. The second kappa shape index (κ2) is 4.37. The minimum atomic E-state index is -0.602. The summed E-state index contributed by atoms with van der Waals surface area (Å²) in [5, 5.41) is 10.2. The van der Waals surface area contributed by atoms with Crippen LogP contribution in [0, 0.1) is 6.92 Å². The van der Waals surface area contributed by atoms with Crippen molar-refractivity contribution < 1.29 is 5.11 Å². The summed E-state index contributed by atoms with van der Waals surface area (Å²) in [6.45, 7) is 5.41. The Bertz CT molecular complexity index is 365. The lowest BCUT2D eigenvalue weighted by Crippen LogP contribution is -2.39. The fourth-order valence-electron chi connectivity index (χ4n) is 2.19. The summed E-state index contributed by atoms with van der Waals surface area (Å²) in [5.41, 5.74) is -0.602. The minimum Gasteiger partial charge on any atom is -0.388 e. The molecule has 1 unspecified atom stereocenters. The van der Waals surface area contributed by atoms with Crippen molar-refractivity contribution in [2.75, 3.05) is 18.0 Å². The maximum absolute atomic E-state index is 10.2. The van der Waals surface area contributed by atoms with Crippen LogP contribution in [0.2, 0.25) is 0 Å². The zero-order valence-electron chi connectivity index (χ0n) is 9.98. The van der Waals surface area contributed by atoms with E-state index < -0.39 is 5.60 Å². The summed E-state index contributed by atoms with van der Waals surface area (Å²) in [4.78, 5) is 10.7. The van der Waals surface area contributed by atoms with Crippen LogP contribution >= 0.6 is 0 Å². The molecule has 0 aromatic carbocycles. The number of nitrogens with zero attached hydrogens (tertiary/aromatic N) is 3. The van der Waals surface area contributed by atoms with E-state index in [9.17, 15) is 5.11 Å². The molecule has 1 aliphatic rings. The SMILES string of the molecule is Cc1nccc(N2CCCCC(C)(O)C2)n1. The molecule has 0 radical (unpaired) electrons. The summed E-state index contributed by atoms with van der Waals surface area (Å²) in [5.74, 6) is 1.70. The quantitative estimate of drug-likeness (QED) is 0.781. The molecule has 4 nitrogen and oxygen atoms in total. The third-order valence-corrected chi connectivity index (χ3v) is 3.01. The van der Waals surface area contributed by atoms with Crippen LogP contribution in [0.3, 0.4) is 0 Å². The van der Waals surface area contributed by atoms with E-state index in [2.05, 4.69) is 14.9 Å². The van der Waals surface area contributed by atoms with Crippen molar-refractivity contribution in [1.82, 2.24) is 9.97 Å². The first-order valence-electron chi connectivity index (χ1n) is 5.84. The molecule has 2 heterocycles. The normalized spacial score (nSPS) is 26.6. The van der Waals surface area contributed by atoms with Gasteiger partial charge in [-0.05, 0) is 39.2 Å². The van der Waals surface area contributed by atoms with Crippen molar-refractivity contribution >= 4 is 5.82 Å². The first-order chi connectivity index (χ1) is 7.57. The van der Waals surface area contributed by atoms with Crippen molar-refractivity contribution in [3.63, 3.8) is 0 Å². The molecule has 1 aromatic rings. The van der Waals surface area contributed by atoms with Gasteiger partial charge in [-0.1, -0.05) is 0 Å². The second-order valence-electron chi connectivity index (χ2n) is 4.84. The highest BCUT2D eigenvalue weighted by Crippen LogP contribution is 2.23. The second-order valence-corrected chi connectivity index (χ2v) is 4.84. The number of rotatable bonds is 1. The van der Waals surface area contributed by atoms with Gasteiger partial charge in [0.1, 0.15) is 11.6 Å². The van der Waals surface area contributed by atoms with Crippen LogP contribution in [0.15, 0.2) is 12.3 Å². The van der Waals surface area contributed by atoms with Crippen molar-refractivity contribution in [3.8, 4) is 0 Å². The van der Waals surface area contributed by atoms with Crippen molar-refractivity contribution in [2.24, 2.45) is 0 Å². The number of aryl methyl sites for hydroxylation is 1. The van der Waals surface area contributed by atoms with Gasteiger partial charge in [0, 0.05) is 19.3 Å². The zero-order valence-corrected chi connectivity index (χ0v) is 9.98. The molecular weight excluding hydrogens is 202 g/mol. The molecule has 1 aliphatic heterocycles. The number of β-amino-alcohol motifs (C(OH)–C–C–N with tert-alkyl or cyclic N) is 1. The van der Waals surface area contributed by atoms with Gasteiger partial charge in [-0.15, -0.1) is 0 Å². The van der Waals surface area contributed by atoms with Crippen LogP contribution in [0.1, 0.15) is 32.0 Å². The fraction of sp³-hybridized carbons (Fsp3) is 0.667. The largest absolute Gasteiger partial charge is 0.388 e. The molecule has 1 aromatic heterocycles. The Kier molecular flexibility index (Phi) is 3.10. The predicted octanol–water partition coefficient (Wildman–Crippen LogP) is 1.53. The third-order valence-electron chi connectivity index (χ3n) is 3.01. The summed E-state index contributed by atoms with van der Waals surface area (Å²) < 4.78 is 0. The molecule has 2 rings (SSSR count). The highest BCUT2D eigenvalue weighted by Gasteiger charge is 2.27. The van der Waals surface area contributed by atoms with Crippen LogP contribution in [-0.4, -0.2) is 33.8 Å². The lowest BCUT2D eigenvalue weighted by atomic mass is 10.0. The molecule has 0 aliphatic carbocycles. The smallest absolute Gasteiger partial charge is 0.132 e. The Morgan fingerprint density at radius 2 is 2.25 bits per heavy atom. The predicted molar refractivity (Wildman–Crippen MR) is 63.5 cm³/mol. The topological polar surface area (TPSA) is 49.2 Å². The summed E-state index contributed by atoms with van der Waals surface area (Å²) in [6, 6.07) is 1.91. The van der Waals surface area contributed by atoms with Crippen molar-refractivity contribution in [2.45, 2.75) is 38.7 Å². The number of anilines is 1. The van der Waals surface area contributed by atoms with Crippen LogP contribution in [-0.2, 0) is 0 Å². The molecule has 1 fully saturated rings. The molecule has 1 N–H and O–H groups in total. The first kappa shape index (κ1) is 11.3. The summed E-state index contributed by atoms with van der Waals surface area (Å²) in [6.07, 6.45) is 4.83. The molecule has 0 amide bonds. The van der Waals surface area contributed by atoms with Gasteiger partial charge in [0.25, 0.3) is 0 Å². The third kappa shape index (κ3) is 2.70. The van der Waals surface area contributed by atoms with Gasteiger partial charge >= 0.3 is 0 Å². The van der Waals surface area contributed by atoms with E-state index in [1.807, 2.05) is 19.9 Å². The fourth-order valence-corrected chi connectivity index (χ4v) is 2.19. The van der Waals surface area contributed by atoms with Gasteiger partial charge in [-0.3, -0.25) is 0 Å². The molecular formula is C12H19N3O. The van der Waals surface area contributed by atoms with Gasteiger partial charge in [0.2, 0.25) is 0 Å². The molecule has 0 bridgehead atoms. The average molecular weight is 221 g/mol. The van der Waals surface area contributed by atoms with Crippen LogP contribution in [0.5, 0.6) is 0 Å². The van der Waals surface area contributed by atoms with Crippen molar-refractivity contribution in [1.29, 1.82) is 0 Å². The van der Waals surface area contributed by atoms with E-state index in [0.29, 0.717) is 6.54 Å². The highest BCUT2D eigenvalue weighted by molar-refractivity contribution is 5.38. The van der Waals surface area contributed by atoms with Gasteiger partial charge in [-0.2, -0.15) is 0 Å². The number of hydrogen-bond donors (Lipinski definition) is 1. The Labute approximate surface area is 96.3 Å². The van der Waals surface area contributed by atoms with Crippen LogP contribution in [0.4, 0.5) is 5.82 Å². The van der Waals surface area contributed by atoms with Gasteiger partial charge in [-0.25, -0.2) is 9.97 Å². The molecule has 88 valence electrons. The van der Waals surface area contributed by atoms with Gasteiger partial charge in [0.15, 0.2) is 0 Å². The zero-order chi connectivity index (χ0) is 11.6. The monoisotopic (exact) mass is 221 g/mol. The Balaban J connectivity index is 2.19. The molecule has 4 heteroatoms. The molecule has 1 atom stereocenters. The van der Waals surface area contributed by atoms with E-state index in [1.54, 1.807) is 6.20 Å². The number of hydrogen-bond acceptors (Lipinski definition) is 4. The average Bonchev–Trinajstić information content (AvgIpc) is 2.39. The maximum Gasteiger partial charge on any atom is 0.132 e.